The third-order valence-corrected chi connectivity index (χ3v) is 7.70. The molecule has 0 saturated heterocycles. The summed E-state index contributed by atoms with van der Waals surface area (Å²) in [6.45, 7) is 8.35. The second kappa shape index (κ2) is 15.8. The topological polar surface area (TPSA) is 81.7 Å². The third-order valence-electron chi connectivity index (χ3n) is 7.70. The lowest BCUT2D eigenvalue weighted by atomic mass is 9.98. The van der Waals surface area contributed by atoms with Gasteiger partial charge in [-0.1, -0.05) is 45.0 Å². The van der Waals surface area contributed by atoms with Crippen molar-refractivity contribution in [3.05, 3.63) is 70.8 Å². The van der Waals surface area contributed by atoms with Gasteiger partial charge < -0.3 is 20.6 Å². The molecule has 1 saturated carbocycles. The molecule has 2 aromatic carbocycles. The van der Waals surface area contributed by atoms with Crippen LogP contribution in [0, 0.1) is 23.5 Å². The van der Waals surface area contributed by atoms with Crippen LogP contribution in [-0.4, -0.2) is 53.6 Å². The first-order valence-electron chi connectivity index (χ1n) is 14.7. The van der Waals surface area contributed by atoms with Gasteiger partial charge in [0, 0.05) is 44.1 Å². The molecule has 0 aromatic heterocycles. The van der Waals surface area contributed by atoms with Crippen LogP contribution in [-0.2, 0) is 29.0 Å². The molecule has 1 fully saturated rings. The van der Waals surface area contributed by atoms with Gasteiger partial charge >= 0.3 is 0 Å². The lowest BCUT2D eigenvalue weighted by Gasteiger charge is -2.27. The molecule has 0 radical (unpaired) electrons. The number of nitrogens with one attached hydrogen (secondary N) is 2. The van der Waals surface area contributed by atoms with Gasteiger partial charge in [0.1, 0.15) is 11.6 Å². The van der Waals surface area contributed by atoms with E-state index in [9.17, 15) is 23.5 Å². The number of halogens is 2. The molecule has 1 aliphatic rings. The number of carbonyl (C=O) groups excluding carboxylic acids is 2. The summed E-state index contributed by atoms with van der Waals surface area (Å²) in [5.41, 5.74) is 2.66. The fourth-order valence-corrected chi connectivity index (χ4v) is 5.61. The van der Waals surface area contributed by atoms with Gasteiger partial charge in [0.15, 0.2) is 0 Å². The third kappa shape index (κ3) is 9.37. The lowest BCUT2D eigenvalue weighted by molar-refractivity contribution is -0.135. The van der Waals surface area contributed by atoms with Crippen LogP contribution in [0.5, 0.6) is 0 Å². The van der Waals surface area contributed by atoms with Crippen LogP contribution in [0.25, 0.3) is 0 Å². The minimum atomic E-state index is -0.993. The van der Waals surface area contributed by atoms with Crippen molar-refractivity contribution >= 4 is 11.8 Å². The van der Waals surface area contributed by atoms with Crippen molar-refractivity contribution in [1.29, 1.82) is 0 Å². The Morgan fingerprint density at radius 3 is 2.25 bits per heavy atom. The molecule has 0 aliphatic heterocycles. The van der Waals surface area contributed by atoms with E-state index in [1.165, 1.54) is 17.7 Å². The molecule has 220 valence electrons. The Hall–Kier alpha value is -2.84. The van der Waals surface area contributed by atoms with E-state index in [0.717, 1.165) is 30.9 Å². The minimum absolute atomic E-state index is 0.0739. The molecule has 8 heteroatoms. The number of amides is 2. The van der Waals surface area contributed by atoms with E-state index in [2.05, 4.69) is 29.7 Å². The largest absolute Gasteiger partial charge is 0.390 e. The van der Waals surface area contributed by atoms with Crippen LogP contribution in [0.15, 0.2) is 42.5 Å². The molecule has 0 spiro atoms. The van der Waals surface area contributed by atoms with Gasteiger partial charge in [0.2, 0.25) is 11.8 Å². The summed E-state index contributed by atoms with van der Waals surface area (Å²) in [6.07, 6.45) is 3.51. The highest BCUT2D eigenvalue weighted by atomic mass is 19.1. The highest BCUT2D eigenvalue weighted by Gasteiger charge is 2.37. The lowest BCUT2D eigenvalue weighted by Crippen LogP contribution is -2.50. The van der Waals surface area contributed by atoms with E-state index >= 15 is 0 Å². The van der Waals surface area contributed by atoms with Crippen molar-refractivity contribution in [3.63, 3.8) is 0 Å². The number of hydrogen-bond donors (Lipinski definition) is 3. The standard InChI is InChI=1S/C32H45F2N3O3/c1-4-12-37(13-5-2)32(40)26-11-10-25(18-26)31(39)36-29(17-24-15-27(33)19-28(34)16-24)30(38)21-35-20-23-9-7-8-22(6-3)14-23/h7-9,14-16,19,25-26,29-30,35,38H,4-6,10-13,17-18,20-21H2,1-3H3,(H,36,39)/t25?,26?,29-,30+/m1/s1. The summed E-state index contributed by atoms with van der Waals surface area (Å²) < 4.78 is 27.8. The Bertz CT molecular complexity index is 1090. The molecular weight excluding hydrogens is 512 g/mol. The Kier molecular flexibility index (Phi) is 12.5. The van der Waals surface area contributed by atoms with Gasteiger partial charge in [-0.3, -0.25) is 9.59 Å². The normalized spacial score (nSPS) is 18.4. The highest BCUT2D eigenvalue weighted by Crippen LogP contribution is 2.33. The number of carbonyl (C=O) groups is 2. The second-order valence-corrected chi connectivity index (χ2v) is 11.0. The van der Waals surface area contributed by atoms with Gasteiger partial charge in [-0.05, 0) is 73.8 Å². The van der Waals surface area contributed by atoms with E-state index in [1.807, 2.05) is 30.9 Å². The smallest absolute Gasteiger partial charge is 0.225 e. The zero-order valence-corrected chi connectivity index (χ0v) is 24.1. The van der Waals surface area contributed by atoms with Gasteiger partial charge in [-0.15, -0.1) is 0 Å². The number of benzene rings is 2. The molecule has 2 aromatic rings. The number of aliphatic hydroxyl groups excluding tert-OH is 1. The number of rotatable bonds is 15. The van der Waals surface area contributed by atoms with Crippen molar-refractivity contribution in [2.75, 3.05) is 19.6 Å². The Morgan fingerprint density at radius 1 is 0.950 bits per heavy atom. The minimum Gasteiger partial charge on any atom is -0.390 e. The first kappa shape index (κ1) is 31.7. The molecule has 1 aliphatic carbocycles. The van der Waals surface area contributed by atoms with E-state index in [4.69, 9.17) is 0 Å². The number of hydrogen-bond acceptors (Lipinski definition) is 4. The van der Waals surface area contributed by atoms with Crippen molar-refractivity contribution in [2.24, 2.45) is 11.8 Å². The molecule has 40 heavy (non-hydrogen) atoms. The van der Waals surface area contributed by atoms with Crippen LogP contribution in [0.1, 0.15) is 69.6 Å². The molecule has 3 N–H and O–H groups in total. The maximum Gasteiger partial charge on any atom is 0.225 e. The summed E-state index contributed by atoms with van der Waals surface area (Å²) in [5, 5.41) is 17.3. The summed E-state index contributed by atoms with van der Waals surface area (Å²) >= 11 is 0. The molecule has 6 nitrogen and oxygen atoms in total. The van der Waals surface area contributed by atoms with Crippen LogP contribution >= 0.6 is 0 Å². The molecule has 3 rings (SSSR count). The Balaban J connectivity index is 1.65. The fraction of sp³-hybridized carbons (Fsp3) is 0.562. The predicted octanol–water partition coefficient (Wildman–Crippen LogP) is 4.77. The van der Waals surface area contributed by atoms with Crippen molar-refractivity contribution in [1.82, 2.24) is 15.5 Å². The van der Waals surface area contributed by atoms with Crippen LogP contribution < -0.4 is 10.6 Å². The van der Waals surface area contributed by atoms with E-state index < -0.39 is 23.8 Å². The molecule has 0 bridgehead atoms. The van der Waals surface area contributed by atoms with Gasteiger partial charge in [0.25, 0.3) is 0 Å². The number of nitrogens with zero attached hydrogens (tertiary/aromatic N) is 1. The van der Waals surface area contributed by atoms with Gasteiger partial charge in [-0.25, -0.2) is 8.78 Å². The maximum atomic E-state index is 13.9. The maximum absolute atomic E-state index is 13.9. The monoisotopic (exact) mass is 557 g/mol. The quantitative estimate of drug-likeness (QED) is 0.295. The molecule has 2 amide bonds. The molecule has 4 atom stereocenters. The van der Waals surface area contributed by atoms with Gasteiger partial charge in [-0.2, -0.15) is 0 Å². The second-order valence-electron chi connectivity index (χ2n) is 11.0. The summed E-state index contributed by atoms with van der Waals surface area (Å²) in [4.78, 5) is 28.3. The average molecular weight is 558 g/mol. The summed E-state index contributed by atoms with van der Waals surface area (Å²) in [5.74, 6) is -2.06. The zero-order valence-electron chi connectivity index (χ0n) is 24.1. The zero-order chi connectivity index (χ0) is 29.1. The SMILES string of the molecule is CCCN(CCC)C(=O)C1CCC(C(=O)N[C@H](Cc2cc(F)cc(F)c2)[C@@H](O)CNCc2cccc(CC)c2)C1. The average Bonchev–Trinajstić information content (AvgIpc) is 3.42. The van der Waals surface area contributed by atoms with Crippen LogP contribution in [0.2, 0.25) is 0 Å². The molecule has 2 unspecified atom stereocenters. The first-order valence-corrected chi connectivity index (χ1v) is 14.7. The number of aryl methyl sites for hydroxylation is 1. The van der Waals surface area contributed by atoms with Gasteiger partial charge in [0.05, 0.1) is 12.1 Å². The van der Waals surface area contributed by atoms with E-state index in [1.54, 1.807) is 0 Å². The van der Waals surface area contributed by atoms with Crippen LogP contribution in [0.3, 0.4) is 0 Å². The Labute approximate surface area is 237 Å². The molecular formula is C32H45F2N3O3. The predicted molar refractivity (Wildman–Crippen MR) is 154 cm³/mol. The number of aliphatic hydroxyl groups is 1. The van der Waals surface area contributed by atoms with E-state index in [0.29, 0.717) is 44.5 Å². The fourth-order valence-electron chi connectivity index (χ4n) is 5.61. The first-order chi connectivity index (χ1) is 19.2. The summed E-state index contributed by atoms with van der Waals surface area (Å²) in [7, 11) is 0. The Morgan fingerprint density at radius 2 is 1.60 bits per heavy atom. The van der Waals surface area contributed by atoms with Crippen molar-refractivity contribution in [2.45, 2.75) is 84.4 Å². The van der Waals surface area contributed by atoms with E-state index in [-0.39, 0.29) is 36.6 Å². The molecule has 0 heterocycles. The summed E-state index contributed by atoms with van der Waals surface area (Å²) in [6, 6.07) is 10.7. The van der Waals surface area contributed by atoms with Crippen molar-refractivity contribution in [3.8, 4) is 0 Å². The van der Waals surface area contributed by atoms with Crippen molar-refractivity contribution < 1.29 is 23.5 Å². The van der Waals surface area contributed by atoms with Crippen LogP contribution in [0.4, 0.5) is 8.78 Å². The highest BCUT2D eigenvalue weighted by molar-refractivity contribution is 5.83.